The predicted octanol–water partition coefficient (Wildman–Crippen LogP) is 1.60. The van der Waals surface area contributed by atoms with E-state index in [4.69, 9.17) is 6.42 Å². The maximum atomic E-state index is 12.1. The van der Waals surface area contributed by atoms with Gasteiger partial charge in [-0.3, -0.25) is 14.4 Å². The number of fused-ring (bicyclic) bond motifs is 1. The van der Waals surface area contributed by atoms with E-state index < -0.39 is 0 Å². The van der Waals surface area contributed by atoms with Gasteiger partial charge in [0.1, 0.15) is 11.2 Å². The predicted molar refractivity (Wildman–Crippen MR) is 93.3 cm³/mol. The molecule has 0 bridgehead atoms. The van der Waals surface area contributed by atoms with E-state index in [1.54, 1.807) is 11.7 Å². The Morgan fingerprint density at radius 3 is 2.75 bits per heavy atom. The minimum absolute atomic E-state index is 0.181. The zero-order chi connectivity index (χ0) is 17.1. The lowest BCUT2D eigenvalue weighted by Crippen LogP contribution is -2.26. The highest BCUT2D eigenvalue weighted by molar-refractivity contribution is 5.72. The summed E-state index contributed by atoms with van der Waals surface area (Å²) in [6.07, 6.45) is 7.02. The van der Waals surface area contributed by atoms with Crippen molar-refractivity contribution in [2.45, 2.75) is 20.0 Å². The number of hydrogen-bond donors (Lipinski definition) is 1. The molecule has 3 rings (SSSR count). The molecule has 6 heteroatoms. The Morgan fingerprint density at radius 2 is 2.04 bits per heavy atom. The van der Waals surface area contributed by atoms with E-state index in [0.29, 0.717) is 36.5 Å². The molecule has 24 heavy (non-hydrogen) atoms. The summed E-state index contributed by atoms with van der Waals surface area (Å²) in [7, 11) is 1.77. The SMILES string of the molecule is C#CCN(Cc1ccc(C)cc1)Cc1nc2c(cnn2C)c(=O)[nH]1. The third-order valence-electron chi connectivity index (χ3n) is 3.87. The average Bonchev–Trinajstić information content (AvgIpc) is 2.92. The molecule has 122 valence electrons. The van der Waals surface area contributed by atoms with Crippen molar-refractivity contribution in [3.8, 4) is 12.3 Å². The molecule has 3 aromatic rings. The first-order valence-electron chi connectivity index (χ1n) is 7.69. The van der Waals surface area contributed by atoms with Crippen molar-refractivity contribution >= 4 is 11.0 Å². The van der Waals surface area contributed by atoms with Crippen molar-refractivity contribution in [3.63, 3.8) is 0 Å². The Hall–Kier alpha value is -2.91. The number of terminal acetylenes is 1. The lowest BCUT2D eigenvalue weighted by molar-refractivity contribution is 0.283. The molecule has 0 amide bonds. The molecule has 0 saturated heterocycles. The van der Waals surface area contributed by atoms with Crippen molar-refractivity contribution in [2.24, 2.45) is 7.05 Å². The summed E-state index contributed by atoms with van der Waals surface area (Å²) in [4.78, 5) is 21.5. The van der Waals surface area contributed by atoms with E-state index in [-0.39, 0.29) is 5.56 Å². The van der Waals surface area contributed by atoms with Crippen LogP contribution >= 0.6 is 0 Å². The van der Waals surface area contributed by atoms with Crippen LogP contribution in [0.2, 0.25) is 0 Å². The summed E-state index contributed by atoms with van der Waals surface area (Å²) in [6.45, 7) is 3.69. The van der Waals surface area contributed by atoms with Gasteiger partial charge in [0.15, 0.2) is 5.65 Å². The van der Waals surface area contributed by atoms with E-state index >= 15 is 0 Å². The fourth-order valence-electron chi connectivity index (χ4n) is 2.61. The van der Waals surface area contributed by atoms with Crippen LogP contribution in [0.4, 0.5) is 0 Å². The van der Waals surface area contributed by atoms with Crippen LogP contribution in [0.3, 0.4) is 0 Å². The van der Waals surface area contributed by atoms with Gasteiger partial charge in [-0.05, 0) is 12.5 Å². The van der Waals surface area contributed by atoms with Gasteiger partial charge >= 0.3 is 0 Å². The number of hydrogen-bond acceptors (Lipinski definition) is 4. The molecule has 2 heterocycles. The summed E-state index contributed by atoms with van der Waals surface area (Å²) in [6, 6.07) is 8.31. The van der Waals surface area contributed by atoms with Gasteiger partial charge in [-0.25, -0.2) is 4.98 Å². The third-order valence-corrected chi connectivity index (χ3v) is 3.87. The van der Waals surface area contributed by atoms with Crippen LogP contribution in [0, 0.1) is 19.3 Å². The van der Waals surface area contributed by atoms with Crippen molar-refractivity contribution in [1.82, 2.24) is 24.6 Å². The summed E-state index contributed by atoms with van der Waals surface area (Å²) < 4.78 is 1.60. The highest BCUT2D eigenvalue weighted by Gasteiger charge is 2.12. The van der Waals surface area contributed by atoms with Gasteiger partial charge in [0.2, 0.25) is 0 Å². The fourth-order valence-corrected chi connectivity index (χ4v) is 2.61. The Balaban J connectivity index is 1.85. The highest BCUT2D eigenvalue weighted by atomic mass is 16.1. The fraction of sp³-hybridized carbons (Fsp3) is 0.278. The Bertz CT molecular complexity index is 946. The third kappa shape index (κ3) is 3.36. The summed E-state index contributed by atoms with van der Waals surface area (Å²) in [5.41, 5.74) is 2.78. The number of benzene rings is 1. The van der Waals surface area contributed by atoms with Gasteiger partial charge in [0.05, 0.1) is 19.3 Å². The normalized spacial score (nSPS) is 11.1. The van der Waals surface area contributed by atoms with Crippen LogP contribution in [-0.2, 0) is 20.1 Å². The number of aromatic amines is 1. The minimum Gasteiger partial charge on any atom is -0.309 e. The van der Waals surface area contributed by atoms with Gasteiger partial charge in [-0.15, -0.1) is 6.42 Å². The molecule has 0 saturated carbocycles. The summed E-state index contributed by atoms with van der Waals surface area (Å²) in [5, 5.41) is 4.57. The molecule has 0 fully saturated rings. The van der Waals surface area contributed by atoms with Crippen molar-refractivity contribution < 1.29 is 0 Å². The lowest BCUT2D eigenvalue weighted by Gasteiger charge is -2.19. The Kier molecular flexibility index (Phi) is 4.45. The van der Waals surface area contributed by atoms with Gasteiger partial charge in [0.25, 0.3) is 5.56 Å². The second-order valence-electron chi connectivity index (χ2n) is 5.85. The van der Waals surface area contributed by atoms with Crippen molar-refractivity contribution in [3.05, 3.63) is 57.8 Å². The average molecular weight is 321 g/mol. The molecule has 0 radical (unpaired) electrons. The van der Waals surface area contributed by atoms with E-state index in [2.05, 4.69) is 57.1 Å². The highest BCUT2D eigenvalue weighted by Crippen LogP contribution is 2.10. The Labute approximate surface area is 140 Å². The van der Waals surface area contributed by atoms with Gasteiger partial charge < -0.3 is 4.98 Å². The Morgan fingerprint density at radius 1 is 1.29 bits per heavy atom. The van der Waals surface area contributed by atoms with Crippen LogP contribution in [0.25, 0.3) is 11.0 Å². The van der Waals surface area contributed by atoms with E-state index in [9.17, 15) is 4.79 Å². The van der Waals surface area contributed by atoms with E-state index in [1.165, 1.54) is 17.3 Å². The first-order chi connectivity index (χ1) is 11.6. The van der Waals surface area contributed by atoms with E-state index in [1.807, 2.05) is 0 Å². The molecule has 0 unspecified atom stereocenters. The number of H-pyrrole nitrogens is 1. The molecular formula is C18H19N5O. The van der Waals surface area contributed by atoms with Crippen molar-refractivity contribution in [1.29, 1.82) is 0 Å². The first-order valence-corrected chi connectivity index (χ1v) is 7.69. The molecule has 0 atom stereocenters. The quantitative estimate of drug-likeness (QED) is 0.725. The number of rotatable bonds is 5. The minimum atomic E-state index is -0.181. The van der Waals surface area contributed by atoms with Gasteiger partial charge in [-0.1, -0.05) is 35.7 Å². The van der Waals surface area contributed by atoms with Crippen LogP contribution in [0.15, 0.2) is 35.3 Å². The molecule has 6 nitrogen and oxygen atoms in total. The first kappa shape index (κ1) is 16.0. The molecule has 1 aromatic carbocycles. The zero-order valence-corrected chi connectivity index (χ0v) is 13.8. The standard InChI is InChI=1S/C18H19N5O/c1-4-9-23(11-14-7-5-13(2)6-8-14)12-16-20-17-15(18(24)21-16)10-19-22(17)3/h1,5-8,10H,9,11-12H2,2-3H3,(H,20,21,24). The molecule has 2 aromatic heterocycles. The lowest BCUT2D eigenvalue weighted by atomic mass is 10.1. The van der Waals surface area contributed by atoms with Crippen LogP contribution in [-0.4, -0.2) is 31.2 Å². The summed E-state index contributed by atoms with van der Waals surface area (Å²) >= 11 is 0. The van der Waals surface area contributed by atoms with Crippen LogP contribution < -0.4 is 5.56 Å². The van der Waals surface area contributed by atoms with Crippen molar-refractivity contribution in [2.75, 3.05) is 6.54 Å². The van der Waals surface area contributed by atoms with Gasteiger partial charge in [-0.2, -0.15) is 5.10 Å². The number of aryl methyl sites for hydroxylation is 2. The largest absolute Gasteiger partial charge is 0.309 e. The molecular weight excluding hydrogens is 302 g/mol. The second kappa shape index (κ2) is 6.69. The molecule has 0 aliphatic rings. The number of nitrogens with one attached hydrogen (secondary N) is 1. The molecule has 0 aliphatic carbocycles. The van der Waals surface area contributed by atoms with Gasteiger partial charge in [0, 0.05) is 13.6 Å². The molecule has 0 spiro atoms. The smallest absolute Gasteiger partial charge is 0.262 e. The second-order valence-corrected chi connectivity index (χ2v) is 5.85. The van der Waals surface area contributed by atoms with Crippen LogP contribution in [0.5, 0.6) is 0 Å². The zero-order valence-electron chi connectivity index (χ0n) is 13.8. The topological polar surface area (TPSA) is 66.8 Å². The monoisotopic (exact) mass is 321 g/mol. The maximum Gasteiger partial charge on any atom is 0.262 e. The van der Waals surface area contributed by atoms with Crippen LogP contribution in [0.1, 0.15) is 17.0 Å². The molecule has 1 N–H and O–H groups in total. The number of aromatic nitrogens is 4. The molecule has 0 aliphatic heterocycles. The summed E-state index contributed by atoms with van der Waals surface area (Å²) in [5.74, 6) is 3.25. The van der Waals surface area contributed by atoms with E-state index in [0.717, 1.165) is 0 Å². The maximum absolute atomic E-state index is 12.1. The number of nitrogens with zero attached hydrogens (tertiary/aromatic N) is 4.